The third-order valence-corrected chi connectivity index (χ3v) is 10.7. The fourth-order valence-electron chi connectivity index (χ4n) is 8.13. The minimum Gasteiger partial charge on any atom is -0.355 e. The van der Waals surface area contributed by atoms with E-state index in [1.165, 1.54) is 49.8 Å². The van der Waals surface area contributed by atoms with E-state index in [1.54, 1.807) is 0 Å². The normalized spacial score (nSPS) is 14.1. The van der Waals surface area contributed by atoms with Crippen molar-refractivity contribution >= 4 is 44.5 Å². The maximum absolute atomic E-state index is 6.50. The minimum atomic E-state index is 0.781. The summed E-state index contributed by atoms with van der Waals surface area (Å²) < 4.78 is 2.38. The van der Waals surface area contributed by atoms with Crippen LogP contribution in [0.3, 0.4) is 0 Å². The highest BCUT2D eigenvalue weighted by atomic mass is 15.2. The first-order valence-electron chi connectivity index (χ1n) is 18.3. The third-order valence-electron chi connectivity index (χ3n) is 10.7. The predicted octanol–water partition coefficient (Wildman–Crippen LogP) is 12.6. The predicted molar refractivity (Wildman–Crippen MR) is 226 cm³/mol. The molecular weight excluding hydrogens is 655 g/mol. The molecule has 2 aliphatic rings. The lowest BCUT2D eigenvalue weighted by atomic mass is 9.94. The molecule has 2 aliphatic heterocycles. The highest BCUT2D eigenvalue weighted by Crippen LogP contribution is 2.43. The zero-order valence-electron chi connectivity index (χ0n) is 29.6. The van der Waals surface area contributed by atoms with Crippen LogP contribution in [0.25, 0.3) is 61.0 Å². The Balaban J connectivity index is 1.12. The average molecular weight is 690 g/mol. The van der Waals surface area contributed by atoms with Crippen LogP contribution >= 0.6 is 0 Å². The number of rotatable bonds is 6. The molecule has 54 heavy (non-hydrogen) atoms. The van der Waals surface area contributed by atoms with E-state index in [2.05, 4.69) is 191 Å². The van der Waals surface area contributed by atoms with Crippen molar-refractivity contribution in [3.63, 3.8) is 0 Å². The van der Waals surface area contributed by atoms with Crippen LogP contribution in [0.1, 0.15) is 16.7 Å². The zero-order valence-corrected chi connectivity index (χ0v) is 29.6. The van der Waals surface area contributed by atoms with Gasteiger partial charge in [-0.05, 0) is 94.6 Å². The lowest BCUT2D eigenvalue weighted by Crippen LogP contribution is -2.17. The Morgan fingerprint density at radius 1 is 0.593 bits per heavy atom. The van der Waals surface area contributed by atoms with E-state index < -0.39 is 0 Å². The molecule has 0 saturated heterocycles. The number of benzene rings is 7. The first-order valence-corrected chi connectivity index (χ1v) is 18.3. The summed E-state index contributed by atoms with van der Waals surface area (Å²) >= 11 is 0. The highest BCUT2D eigenvalue weighted by molar-refractivity contribution is 6.10. The molecule has 0 aliphatic carbocycles. The molecule has 1 aromatic heterocycles. The average Bonchev–Trinajstić information content (AvgIpc) is 3.78. The summed E-state index contributed by atoms with van der Waals surface area (Å²) in [5, 5.41) is 6.10. The van der Waals surface area contributed by atoms with Gasteiger partial charge in [0, 0.05) is 51.2 Å². The van der Waals surface area contributed by atoms with Gasteiger partial charge in [0.2, 0.25) is 0 Å². The summed E-state index contributed by atoms with van der Waals surface area (Å²) in [4.78, 5) is 2.35. The van der Waals surface area contributed by atoms with E-state index in [-0.39, 0.29) is 0 Å². The fourth-order valence-corrected chi connectivity index (χ4v) is 8.13. The summed E-state index contributed by atoms with van der Waals surface area (Å²) in [5.41, 5.74) is 16.7. The molecule has 0 fully saturated rings. The number of terminal acetylenes is 1. The molecule has 0 saturated carbocycles. The molecule has 0 bridgehead atoms. The molecule has 1 N–H and O–H groups in total. The SMILES string of the molecule is C#C/C(=C1/C=CC=C2c3ccccc3CN21)c1cc(-c2ccc3c(c2)c2ccccc2n3-c2cccc(-c3ccccc3)c2)ccc1Nc1ccccc1. The Hall–Kier alpha value is -7.28. The van der Waals surface area contributed by atoms with E-state index in [9.17, 15) is 0 Å². The number of nitrogens with one attached hydrogen (secondary N) is 1. The van der Waals surface area contributed by atoms with Gasteiger partial charge in [-0.2, -0.15) is 0 Å². The number of allylic oxidation sites excluding steroid dienone is 4. The van der Waals surface area contributed by atoms with Gasteiger partial charge in [0.25, 0.3) is 0 Å². The molecule has 0 unspecified atom stereocenters. The number of hydrogen-bond donors (Lipinski definition) is 1. The second kappa shape index (κ2) is 13.0. The molecule has 254 valence electrons. The van der Waals surface area contributed by atoms with Crippen LogP contribution in [-0.4, -0.2) is 9.47 Å². The Bertz CT molecular complexity index is 2880. The summed E-state index contributed by atoms with van der Waals surface area (Å²) in [6.45, 7) is 0.781. The summed E-state index contributed by atoms with van der Waals surface area (Å²) in [6.07, 6.45) is 13.0. The third kappa shape index (κ3) is 5.32. The van der Waals surface area contributed by atoms with Gasteiger partial charge in [0.05, 0.1) is 22.3 Å². The van der Waals surface area contributed by atoms with Gasteiger partial charge >= 0.3 is 0 Å². The minimum absolute atomic E-state index is 0.781. The van der Waals surface area contributed by atoms with Gasteiger partial charge in [-0.3, -0.25) is 0 Å². The summed E-state index contributed by atoms with van der Waals surface area (Å²) in [5.74, 6) is 3.14. The van der Waals surface area contributed by atoms with Gasteiger partial charge in [-0.25, -0.2) is 0 Å². The quantitative estimate of drug-likeness (QED) is 0.175. The van der Waals surface area contributed by atoms with Crippen LogP contribution in [0.4, 0.5) is 11.4 Å². The van der Waals surface area contributed by atoms with Crippen LogP contribution < -0.4 is 5.32 Å². The number of nitrogens with zero attached hydrogens (tertiary/aromatic N) is 2. The van der Waals surface area contributed by atoms with Crippen molar-refractivity contribution in [2.24, 2.45) is 0 Å². The monoisotopic (exact) mass is 689 g/mol. The van der Waals surface area contributed by atoms with Crippen LogP contribution in [0.15, 0.2) is 194 Å². The Morgan fingerprint density at radius 2 is 1.30 bits per heavy atom. The van der Waals surface area contributed by atoms with Gasteiger partial charge in [-0.15, -0.1) is 6.42 Å². The van der Waals surface area contributed by atoms with Gasteiger partial charge in [0.1, 0.15) is 0 Å². The van der Waals surface area contributed by atoms with Crippen molar-refractivity contribution in [2.45, 2.75) is 6.54 Å². The molecule has 0 atom stereocenters. The van der Waals surface area contributed by atoms with Crippen LogP contribution in [0.5, 0.6) is 0 Å². The van der Waals surface area contributed by atoms with Crippen molar-refractivity contribution in [3.8, 4) is 40.3 Å². The molecule has 0 radical (unpaired) electrons. The van der Waals surface area contributed by atoms with Gasteiger partial charge in [0.15, 0.2) is 0 Å². The second-order valence-electron chi connectivity index (χ2n) is 13.8. The van der Waals surface area contributed by atoms with Crippen molar-refractivity contribution in [1.29, 1.82) is 0 Å². The number of hydrogen-bond acceptors (Lipinski definition) is 2. The van der Waals surface area contributed by atoms with E-state index >= 15 is 0 Å². The number of para-hydroxylation sites is 2. The summed E-state index contributed by atoms with van der Waals surface area (Å²) in [7, 11) is 0. The maximum Gasteiger partial charge on any atom is 0.0580 e. The van der Waals surface area contributed by atoms with E-state index in [4.69, 9.17) is 6.42 Å². The lowest BCUT2D eigenvalue weighted by Gasteiger charge is -2.27. The smallest absolute Gasteiger partial charge is 0.0580 e. The van der Waals surface area contributed by atoms with E-state index in [0.717, 1.165) is 51.6 Å². The fraction of sp³-hybridized carbons (Fsp3) is 0.0196. The highest BCUT2D eigenvalue weighted by Gasteiger charge is 2.29. The molecular formula is C51H35N3. The molecule has 8 aromatic rings. The van der Waals surface area contributed by atoms with E-state index in [0.29, 0.717) is 0 Å². The van der Waals surface area contributed by atoms with Crippen LogP contribution in [0.2, 0.25) is 0 Å². The van der Waals surface area contributed by atoms with Crippen molar-refractivity contribution < 1.29 is 0 Å². The van der Waals surface area contributed by atoms with E-state index in [1.807, 2.05) is 18.2 Å². The van der Waals surface area contributed by atoms with Crippen molar-refractivity contribution in [3.05, 3.63) is 210 Å². The standard InChI is InChI=1S/C51H35N3/c1-2-42(48-25-14-26-49-43-22-10-9-17-39(43)34-53(48)49)45-32-37(27-29-47(45)52-40-19-7-4-8-20-40)38-28-30-51-46(33-38)44-23-11-12-24-50(44)54(51)41-21-13-18-36(31-41)35-15-5-3-6-16-35/h1,3-33,52H,34H2/b48-42+. The number of aromatic nitrogens is 1. The molecule has 3 heteroatoms. The van der Waals surface area contributed by atoms with Gasteiger partial charge < -0.3 is 14.8 Å². The largest absolute Gasteiger partial charge is 0.355 e. The Kier molecular flexibility index (Phi) is 7.60. The maximum atomic E-state index is 6.50. The van der Waals surface area contributed by atoms with Crippen molar-refractivity contribution in [1.82, 2.24) is 9.47 Å². The first kappa shape index (κ1) is 31.5. The molecule has 7 aromatic carbocycles. The second-order valence-corrected chi connectivity index (χ2v) is 13.8. The first-order chi connectivity index (χ1) is 26.7. The number of anilines is 2. The Labute approximate surface area is 315 Å². The Morgan fingerprint density at radius 3 is 2.17 bits per heavy atom. The molecule has 0 amide bonds. The summed E-state index contributed by atoms with van der Waals surface area (Å²) in [6, 6.07) is 60.4. The van der Waals surface area contributed by atoms with Crippen LogP contribution in [0, 0.1) is 12.3 Å². The number of fused-ring (bicyclic) bond motifs is 6. The molecule has 0 spiro atoms. The lowest BCUT2D eigenvalue weighted by molar-refractivity contribution is 0.523. The topological polar surface area (TPSA) is 20.2 Å². The molecule has 10 rings (SSSR count). The van der Waals surface area contributed by atoms with Crippen LogP contribution in [-0.2, 0) is 6.54 Å². The zero-order chi connectivity index (χ0) is 36.0. The van der Waals surface area contributed by atoms with Crippen molar-refractivity contribution in [2.75, 3.05) is 5.32 Å². The van der Waals surface area contributed by atoms with Gasteiger partial charge in [-0.1, -0.05) is 127 Å². The molecule has 3 nitrogen and oxygen atoms in total. The molecule has 3 heterocycles.